The number of benzene rings is 2. The highest BCUT2D eigenvalue weighted by molar-refractivity contribution is 5.97. The average Bonchev–Trinajstić information content (AvgIpc) is 2.55. The number of rotatable bonds is 5. The molecule has 0 aliphatic carbocycles. The second-order valence-electron chi connectivity index (χ2n) is 5.07. The number of ether oxygens (including phenoxy) is 2. The molecular formula is C18H18N2O4. The van der Waals surface area contributed by atoms with Gasteiger partial charge in [-0.2, -0.15) is 5.10 Å². The lowest BCUT2D eigenvalue weighted by Gasteiger charge is -2.07. The van der Waals surface area contributed by atoms with E-state index in [0.29, 0.717) is 17.1 Å². The highest BCUT2D eigenvalue weighted by Crippen LogP contribution is 2.19. The molecule has 6 nitrogen and oxygen atoms in total. The van der Waals surface area contributed by atoms with E-state index in [9.17, 15) is 9.59 Å². The van der Waals surface area contributed by atoms with Crippen LogP contribution in [-0.2, 0) is 4.79 Å². The van der Waals surface area contributed by atoms with Crippen LogP contribution in [-0.4, -0.2) is 25.2 Å². The van der Waals surface area contributed by atoms with Gasteiger partial charge in [-0.05, 0) is 54.4 Å². The summed E-state index contributed by atoms with van der Waals surface area (Å²) in [5.41, 5.74) is 4.61. The maximum Gasteiger partial charge on any atom is 0.308 e. The van der Waals surface area contributed by atoms with Gasteiger partial charge in [0.25, 0.3) is 5.91 Å². The number of methoxy groups -OCH3 is 1. The van der Waals surface area contributed by atoms with Gasteiger partial charge in [-0.1, -0.05) is 6.07 Å². The van der Waals surface area contributed by atoms with Crippen molar-refractivity contribution in [3.05, 3.63) is 59.2 Å². The van der Waals surface area contributed by atoms with Crippen LogP contribution in [0.3, 0.4) is 0 Å². The molecule has 1 N–H and O–H groups in total. The van der Waals surface area contributed by atoms with Crippen LogP contribution >= 0.6 is 0 Å². The van der Waals surface area contributed by atoms with Gasteiger partial charge in [0, 0.05) is 6.92 Å². The van der Waals surface area contributed by atoms with Gasteiger partial charge in [0.15, 0.2) is 0 Å². The Hall–Kier alpha value is -3.15. The van der Waals surface area contributed by atoms with Crippen molar-refractivity contribution in [2.45, 2.75) is 13.8 Å². The molecule has 0 radical (unpaired) electrons. The molecule has 2 aromatic carbocycles. The first-order valence-electron chi connectivity index (χ1n) is 7.26. The fourth-order valence-corrected chi connectivity index (χ4v) is 2.00. The summed E-state index contributed by atoms with van der Waals surface area (Å²) >= 11 is 0. The van der Waals surface area contributed by atoms with Crippen LogP contribution in [0.2, 0.25) is 0 Å². The third-order valence-electron chi connectivity index (χ3n) is 3.12. The fraction of sp³-hybridized carbons (Fsp3) is 0.167. The van der Waals surface area contributed by atoms with Gasteiger partial charge < -0.3 is 9.47 Å². The van der Waals surface area contributed by atoms with E-state index in [-0.39, 0.29) is 11.9 Å². The van der Waals surface area contributed by atoms with Crippen LogP contribution < -0.4 is 14.9 Å². The Balaban J connectivity index is 2.01. The van der Waals surface area contributed by atoms with E-state index in [0.717, 1.165) is 11.1 Å². The van der Waals surface area contributed by atoms with Crippen LogP contribution in [0.1, 0.15) is 28.4 Å². The lowest BCUT2D eigenvalue weighted by atomic mass is 10.1. The fourth-order valence-electron chi connectivity index (χ4n) is 2.00. The van der Waals surface area contributed by atoms with Gasteiger partial charge >= 0.3 is 5.97 Å². The summed E-state index contributed by atoms with van der Waals surface area (Å²) in [5, 5.41) is 3.92. The van der Waals surface area contributed by atoms with Crippen LogP contribution in [0.4, 0.5) is 0 Å². The minimum atomic E-state index is -0.379. The normalized spacial score (nSPS) is 10.5. The molecule has 2 aromatic rings. The largest absolute Gasteiger partial charge is 0.496 e. The predicted octanol–water partition coefficient (Wildman–Crippen LogP) is 2.69. The molecule has 24 heavy (non-hydrogen) atoms. The van der Waals surface area contributed by atoms with Crippen LogP contribution in [0.5, 0.6) is 11.5 Å². The quantitative estimate of drug-likeness (QED) is 0.397. The predicted molar refractivity (Wildman–Crippen MR) is 90.5 cm³/mol. The molecule has 0 aromatic heterocycles. The molecule has 0 aliphatic rings. The Morgan fingerprint density at radius 2 is 1.83 bits per heavy atom. The number of nitrogens with zero attached hydrogens (tertiary/aromatic N) is 1. The molecular weight excluding hydrogens is 308 g/mol. The van der Waals surface area contributed by atoms with E-state index in [2.05, 4.69) is 10.5 Å². The van der Waals surface area contributed by atoms with Gasteiger partial charge in [-0.25, -0.2) is 5.43 Å². The zero-order valence-electron chi connectivity index (χ0n) is 13.7. The van der Waals surface area contributed by atoms with Gasteiger partial charge in [0.05, 0.1) is 18.9 Å². The first kappa shape index (κ1) is 17.2. The Kier molecular flexibility index (Phi) is 5.68. The summed E-state index contributed by atoms with van der Waals surface area (Å²) in [6.45, 7) is 3.26. The van der Waals surface area contributed by atoms with Crippen LogP contribution in [0, 0.1) is 6.92 Å². The van der Waals surface area contributed by atoms with Crippen molar-refractivity contribution in [2.24, 2.45) is 5.10 Å². The third-order valence-corrected chi connectivity index (χ3v) is 3.12. The summed E-state index contributed by atoms with van der Waals surface area (Å²) in [5.74, 6) is 0.205. The molecule has 0 aliphatic heterocycles. The maximum absolute atomic E-state index is 12.1. The first-order valence-corrected chi connectivity index (χ1v) is 7.26. The second kappa shape index (κ2) is 7.92. The molecule has 0 unspecified atom stereocenters. The minimum absolute atomic E-state index is 0.361. The van der Waals surface area contributed by atoms with Gasteiger partial charge in [0.2, 0.25) is 0 Å². The molecule has 0 atom stereocenters. The molecule has 0 saturated carbocycles. The minimum Gasteiger partial charge on any atom is -0.496 e. The van der Waals surface area contributed by atoms with Crippen molar-refractivity contribution in [3.63, 3.8) is 0 Å². The number of amides is 1. The van der Waals surface area contributed by atoms with E-state index >= 15 is 0 Å². The number of hydrogen-bond acceptors (Lipinski definition) is 5. The van der Waals surface area contributed by atoms with Crippen molar-refractivity contribution in [3.8, 4) is 11.5 Å². The number of esters is 1. The van der Waals surface area contributed by atoms with Crippen molar-refractivity contribution in [1.29, 1.82) is 0 Å². The SMILES string of the molecule is COc1cc(C)ccc1C(=O)N/N=C\c1ccc(OC(C)=O)cc1. The molecule has 0 bridgehead atoms. The van der Waals surface area contributed by atoms with Gasteiger partial charge in [-0.15, -0.1) is 0 Å². The lowest BCUT2D eigenvalue weighted by molar-refractivity contribution is -0.131. The van der Waals surface area contributed by atoms with Crippen molar-refractivity contribution >= 4 is 18.1 Å². The van der Waals surface area contributed by atoms with E-state index < -0.39 is 0 Å². The zero-order chi connectivity index (χ0) is 17.5. The second-order valence-corrected chi connectivity index (χ2v) is 5.07. The van der Waals surface area contributed by atoms with E-state index in [1.165, 1.54) is 20.2 Å². The number of carbonyl (C=O) groups is 2. The van der Waals surface area contributed by atoms with E-state index in [1.807, 2.05) is 13.0 Å². The summed E-state index contributed by atoms with van der Waals surface area (Å²) < 4.78 is 10.1. The van der Waals surface area contributed by atoms with Gasteiger partial charge in [0.1, 0.15) is 11.5 Å². The first-order chi connectivity index (χ1) is 11.5. The number of hydrogen-bond donors (Lipinski definition) is 1. The maximum atomic E-state index is 12.1. The Bertz CT molecular complexity index is 767. The molecule has 6 heteroatoms. The number of nitrogens with one attached hydrogen (secondary N) is 1. The standard InChI is InChI=1S/C18H18N2O4/c1-12-4-9-16(17(10-12)23-3)18(22)20-19-11-14-5-7-15(8-6-14)24-13(2)21/h4-11H,1-3H3,(H,20,22)/b19-11-. The topological polar surface area (TPSA) is 77.0 Å². The molecule has 2 rings (SSSR count). The van der Waals surface area contributed by atoms with Crippen LogP contribution in [0.25, 0.3) is 0 Å². The van der Waals surface area contributed by atoms with E-state index in [1.54, 1.807) is 36.4 Å². The summed E-state index contributed by atoms with van der Waals surface area (Å²) in [4.78, 5) is 23.0. The highest BCUT2D eigenvalue weighted by atomic mass is 16.5. The van der Waals surface area contributed by atoms with E-state index in [4.69, 9.17) is 9.47 Å². The molecule has 0 fully saturated rings. The monoisotopic (exact) mass is 326 g/mol. The van der Waals surface area contributed by atoms with Crippen molar-refractivity contribution in [2.75, 3.05) is 7.11 Å². The van der Waals surface area contributed by atoms with Gasteiger partial charge in [-0.3, -0.25) is 9.59 Å². The third kappa shape index (κ3) is 4.67. The Morgan fingerprint density at radius 3 is 2.46 bits per heavy atom. The molecule has 0 saturated heterocycles. The van der Waals surface area contributed by atoms with Crippen molar-refractivity contribution in [1.82, 2.24) is 5.43 Å². The average molecular weight is 326 g/mol. The summed E-state index contributed by atoms with van der Waals surface area (Å²) in [6.07, 6.45) is 1.50. The Labute approximate surface area is 140 Å². The molecule has 0 heterocycles. The smallest absolute Gasteiger partial charge is 0.308 e. The lowest BCUT2D eigenvalue weighted by Crippen LogP contribution is -2.18. The number of aryl methyl sites for hydroxylation is 1. The zero-order valence-corrected chi connectivity index (χ0v) is 13.7. The highest BCUT2D eigenvalue weighted by Gasteiger charge is 2.11. The molecule has 124 valence electrons. The molecule has 0 spiro atoms. The summed E-state index contributed by atoms with van der Waals surface area (Å²) in [6, 6.07) is 12.0. The number of hydrazone groups is 1. The van der Waals surface area contributed by atoms with Crippen LogP contribution in [0.15, 0.2) is 47.6 Å². The van der Waals surface area contributed by atoms with Crippen molar-refractivity contribution < 1.29 is 19.1 Å². The Morgan fingerprint density at radius 1 is 1.12 bits per heavy atom. The number of carbonyl (C=O) groups excluding carboxylic acids is 2. The summed E-state index contributed by atoms with van der Waals surface area (Å²) in [7, 11) is 1.51. The molecule has 1 amide bonds.